The third-order valence-corrected chi connectivity index (χ3v) is 4.28. The monoisotopic (exact) mass is 314 g/mol. The van der Waals surface area contributed by atoms with E-state index >= 15 is 0 Å². The van der Waals surface area contributed by atoms with Crippen molar-refractivity contribution in [2.24, 2.45) is 5.41 Å². The van der Waals surface area contributed by atoms with Gasteiger partial charge in [-0.2, -0.15) is 0 Å². The van der Waals surface area contributed by atoms with Gasteiger partial charge in [0.05, 0.1) is 12.0 Å². The van der Waals surface area contributed by atoms with E-state index in [1.165, 1.54) is 11.0 Å². The lowest BCUT2D eigenvalue weighted by Crippen LogP contribution is -2.46. The Kier molecular flexibility index (Phi) is 5.19. The number of hydrogen-bond acceptors (Lipinski definition) is 3. The number of nitrogens with one attached hydrogen (secondary N) is 1. The standard InChI is InChI=1S/C15H20ClFN2O2/c1-19(8-11-12(16)4-3-5-13(11)17)14(20)15(10-21-2)6-7-18-9-15/h3-5,18H,6-10H2,1-2H3. The van der Waals surface area contributed by atoms with Crippen molar-refractivity contribution in [1.82, 2.24) is 10.2 Å². The molecule has 1 aliphatic rings. The van der Waals surface area contributed by atoms with Gasteiger partial charge in [0.15, 0.2) is 0 Å². The number of hydrogen-bond donors (Lipinski definition) is 1. The molecule has 21 heavy (non-hydrogen) atoms. The summed E-state index contributed by atoms with van der Waals surface area (Å²) in [5.74, 6) is -0.443. The van der Waals surface area contributed by atoms with Crippen molar-refractivity contribution in [3.05, 3.63) is 34.6 Å². The molecule has 6 heteroatoms. The Morgan fingerprint density at radius 3 is 2.90 bits per heavy atom. The van der Waals surface area contributed by atoms with Crippen molar-refractivity contribution in [3.63, 3.8) is 0 Å². The third kappa shape index (κ3) is 3.36. The summed E-state index contributed by atoms with van der Waals surface area (Å²) in [4.78, 5) is 14.2. The summed E-state index contributed by atoms with van der Waals surface area (Å²) in [5, 5.41) is 3.53. The van der Waals surface area contributed by atoms with Crippen LogP contribution in [0.2, 0.25) is 5.02 Å². The Bertz CT molecular complexity index is 498. The van der Waals surface area contributed by atoms with E-state index in [2.05, 4.69) is 5.32 Å². The molecule has 1 amide bonds. The van der Waals surface area contributed by atoms with Crippen LogP contribution in [0.5, 0.6) is 0 Å². The van der Waals surface area contributed by atoms with Gasteiger partial charge in [-0.3, -0.25) is 4.79 Å². The number of benzene rings is 1. The lowest BCUT2D eigenvalue weighted by molar-refractivity contribution is -0.143. The van der Waals surface area contributed by atoms with Crippen LogP contribution in [0.15, 0.2) is 18.2 Å². The van der Waals surface area contributed by atoms with E-state index < -0.39 is 11.2 Å². The number of amides is 1. The zero-order chi connectivity index (χ0) is 15.5. The highest BCUT2D eigenvalue weighted by atomic mass is 35.5. The van der Waals surface area contributed by atoms with Gasteiger partial charge in [0.1, 0.15) is 5.82 Å². The Hall–Kier alpha value is -1.17. The van der Waals surface area contributed by atoms with Gasteiger partial charge in [-0.15, -0.1) is 0 Å². The highest BCUT2D eigenvalue weighted by molar-refractivity contribution is 6.31. The molecule has 1 aliphatic heterocycles. The van der Waals surface area contributed by atoms with Crippen LogP contribution < -0.4 is 5.32 Å². The lowest BCUT2D eigenvalue weighted by Gasteiger charge is -2.31. The molecule has 0 aromatic heterocycles. The molecule has 0 spiro atoms. The quantitative estimate of drug-likeness (QED) is 0.904. The minimum absolute atomic E-state index is 0.0475. The number of rotatable bonds is 5. The van der Waals surface area contributed by atoms with Crippen LogP contribution in [0.1, 0.15) is 12.0 Å². The first-order valence-corrected chi connectivity index (χ1v) is 7.26. The second-order valence-electron chi connectivity index (χ2n) is 5.50. The summed E-state index contributed by atoms with van der Waals surface area (Å²) in [6, 6.07) is 4.53. The van der Waals surface area contributed by atoms with Crippen LogP contribution >= 0.6 is 11.6 Å². The highest BCUT2D eigenvalue weighted by Crippen LogP contribution is 2.29. The number of halogens is 2. The smallest absolute Gasteiger partial charge is 0.232 e. The molecule has 0 radical (unpaired) electrons. The Morgan fingerprint density at radius 1 is 1.57 bits per heavy atom. The zero-order valence-electron chi connectivity index (χ0n) is 12.3. The number of carbonyl (C=O) groups excluding carboxylic acids is 1. The number of nitrogens with zero attached hydrogens (tertiary/aromatic N) is 1. The van der Waals surface area contributed by atoms with Gasteiger partial charge in [0, 0.05) is 37.8 Å². The molecule has 1 N–H and O–H groups in total. The first-order valence-electron chi connectivity index (χ1n) is 6.88. The first kappa shape index (κ1) is 16.2. The molecule has 4 nitrogen and oxygen atoms in total. The predicted molar refractivity (Wildman–Crippen MR) is 79.7 cm³/mol. The zero-order valence-corrected chi connectivity index (χ0v) is 13.0. The second kappa shape index (κ2) is 6.73. The van der Waals surface area contributed by atoms with Crippen LogP contribution in [0.3, 0.4) is 0 Å². The fraction of sp³-hybridized carbons (Fsp3) is 0.533. The van der Waals surface area contributed by atoms with E-state index in [0.717, 1.165) is 13.0 Å². The normalized spacial score (nSPS) is 21.5. The van der Waals surface area contributed by atoms with Gasteiger partial charge in [-0.1, -0.05) is 17.7 Å². The maximum Gasteiger partial charge on any atom is 0.232 e. The second-order valence-corrected chi connectivity index (χ2v) is 5.91. The van der Waals surface area contributed by atoms with Crippen LogP contribution in [0, 0.1) is 11.2 Å². The van der Waals surface area contributed by atoms with Crippen molar-refractivity contribution in [2.45, 2.75) is 13.0 Å². The van der Waals surface area contributed by atoms with E-state index in [1.807, 2.05) is 0 Å². The van der Waals surface area contributed by atoms with Gasteiger partial charge in [0.2, 0.25) is 5.91 Å². The number of ether oxygens (including phenoxy) is 1. The van der Waals surface area contributed by atoms with Crippen LogP contribution in [0.4, 0.5) is 4.39 Å². The molecule has 1 atom stereocenters. The Labute approximate surface area is 129 Å². The maximum atomic E-state index is 13.8. The van der Waals surface area contributed by atoms with E-state index in [-0.39, 0.29) is 12.5 Å². The summed E-state index contributed by atoms with van der Waals surface area (Å²) < 4.78 is 19.0. The van der Waals surface area contributed by atoms with Crippen molar-refractivity contribution in [3.8, 4) is 0 Å². The molecular formula is C15H20ClFN2O2. The van der Waals surface area contributed by atoms with Crippen LogP contribution in [-0.4, -0.2) is 44.7 Å². The minimum Gasteiger partial charge on any atom is -0.384 e. The molecule has 1 fully saturated rings. The summed E-state index contributed by atoms with van der Waals surface area (Å²) in [7, 11) is 3.25. The van der Waals surface area contributed by atoms with Gasteiger partial charge < -0.3 is 15.0 Å². The van der Waals surface area contributed by atoms with E-state index in [9.17, 15) is 9.18 Å². The van der Waals surface area contributed by atoms with E-state index in [1.54, 1.807) is 26.3 Å². The molecule has 0 bridgehead atoms. The topological polar surface area (TPSA) is 41.6 Å². The predicted octanol–water partition coefficient (Wildman–Crippen LogP) is 2.06. The van der Waals surface area contributed by atoms with E-state index in [0.29, 0.717) is 23.7 Å². The summed E-state index contributed by atoms with van der Waals surface area (Å²) >= 11 is 6.02. The molecule has 0 saturated carbocycles. The molecule has 116 valence electrons. The maximum absolute atomic E-state index is 13.8. The van der Waals surface area contributed by atoms with Crippen molar-refractivity contribution in [2.75, 3.05) is 33.9 Å². The minimum atomic E-state index is -0.568. The molecule has 0 aliphatic carbocycles. The SMILES string of the molecule is COCC1(C(=O)N(C)Cc2c(F)cccc2Cl)CCNC1. The third-order valence-electron chi connectivity index (χ3n) is 3.92. The average molecular weight is 315 g/mol. The van der Waals surface area contributed by atoms with E-state index in [4.69, 9.17) is 16.3 Å². The number of methoxy groups -OCH3 is 1. The van der Waals surface area contributed by atoms with Crippen LogP contribution in [0.25, 0.3) is 0 Å². The van der Waals surface area contributed by atoms with Crippen molar-refractivity contribution in [1.29, 1.82) is 0 Å². The largest absolute Gasteiger partial charge is 0.384 e. The van der Waals surface area contributed by atoms with Gasteiger partial charge in [-0.05, 0) is 25.1 Å². The van der Waals surface area contributed by atoms with Crippen LogP contribution in [-0.2, 0) is 16.1 Å². The van der Waals surface area contributed by atoms with Crippen molar-refractivity contribution >= 4 is 17.5 Å². The first-order chi connectivity index (χ1) is 10.00. The lowest BCUT2D eigenvalue weighted by atomic mass is 9.86. The fourth-order valence-corrected chi connectivity index (χ4v) is 3.01. The number of carbonyl (C=O) groups is 1. The Morgan fingerprint density at radius 2 is 2.33 bits per heavy atom. The molecule has 2 rings (SSSR count). The molecule has 1 aromatic rings. The summed E-state index contributed by atoms with van der Waals surface area (Å²) in [5.41, 5.74) is -0.227. The summed E-state index contributed by atoms with van der Waals surface area (Å²) in [6.45, 7) is 1.86. The van der Waals surface area contributed by atoms with Crippen molar-refractivity contribution < 1.29 is 13.9 Å². The average Bonchev–Trinajstić information content (AvgIpc) is 2.92. The fourth-order valence-electron chi connectivity index (χ4n) is 2.78. The molecule has 1 unspecified atom stereocenters. The van der Waals surface area contributed by atoms with Gasteiger partial charge in [0.25, 0.3) is 0 Å². The summed E-state index contributed by atoms with van der Waals surface area (Å²) in [6.07, 6.45) is 0.717. The molecule has 1 heterocycles. The Balaban J connectivity index is 2.15. The molecule has 1 aromatic carbocycles. The molecule has 1 saturated heterocycles. The molecular weight excluding hydrogens is 295 g/mol. The van der Waals surface area contributed by atoms with Gasteiger partial charge in [-0.25, -0.2) is 4.39 Å². The van der Waals surface area contributed by atoms with Gasteiger partial charge >= 0.3 is 0 Å². The highest BCUT2D eigenvalue weighted by Gasteiger charge is 2.43.